The van der Waals surface area contributed by atoms with E-state index >= 15 is 0 Å². The minimum atomic E-state index is -0.348. The van der Waals surface area contributed by atoms with Crippen LogP contribution in [0.4, 0.5) is 10.5 Å². The Hall–Kier alpha value is -3.75. The Bertz CT molecular complexity index is 1150. The average molecular weight is 430 g/mol. The fraction of sp³-hybridized carbons (Fsp3) is 0.348. The number of carbonyl (C=O) groups excluding carboxylic acids is 2. The van der Waals surface area contributed by atoms with Gasteiger partial charge in [-0.05, 0) is 42.2 Å². The van der Waals surface area contributed by atoms with Gasteiger partial charge in [-0.2, -0.15) is 0 Å². The van der Waals surface area contributed by atoms with E-state index in [-0.39, 0.29) is 23.5 Å². The molecule has 32 heavy (non-hydrogen) atoms. The van der Waals surface area contributed by atoms with Crippen molar-refractivity contribution in [2.75, 3.05) is 24.5 Å². The first kappa shape index (κ1) is 19.0. The van der Waals surface area contributed by atoms with E-state index in [0.29, 0.717) is 24.6 Å². The van der Waals surface area contributed by atoms with E-state index in [1.807, 2.05) is 23.1 Å². The highest BCUT2D eigenvalue weighted by Gasteiger charge is 2.61. The Morgan fingerprint density at radius 3 is 2.78 bits per heavy atom. The van der Waals surface area contributed by atoms with Crippen molar-refractivity contribution in [2.24, 2.45) is 5.92 Å². The molecule has 0 radical (unpaired) electrons. The van der Waals surface area contributed by atoms with E-state index in [9.17, 15) is 9.59 Å². The summed E-state index contributed by atoms with van der Waals surface area (Å²) < 4.78 is 7.15. The van der Waals surface area contributed by atoms with Crippen LogP contribution in [0.25, 0.3) is 0 Å². The summed E-state index contributed by atoms with van der Waals surface area (Å²) >= 11 is 0. The minimum absolute atomic E-state index is 0.0253. The highest BCUT2D eigenvalue weighted by atomic mass is 16.6. The molecule has 2 amide bonds. The first-order valence-electron chi connectivity index (χ1n) is 10.7. The predicted octanol–water partition coefficient (Wildman–Crippen LogP) is 2.11. The highest BCUT2D eigenvalue weighted by molar-refractivity contribution is 5.94. The van der Waals surface area contributed by atoms with E-state index in [1.165, 1.54) is 5.56 Å². The van der Waals surface area contributed by atoms with Crippen molar-refractivity contribution < 1.29 is 14.3 Å². The van der Waals surface area contributed by atoms with Gasteiger partial charge in [-0.15, -0.1) is 5.10 Å². The molecular formula is C23H22N6O3. The normalized spacial score (nSPS) is 26.2. The zero-order valence-electron chi connectivity index (χ0n) is 17.4. The maximum Gasteiger partial charge on any atom is 0.414 e. The van der Waals surface area contributed by atoms with Crippen LogP contribution in [0, 0.1) is 5.92 Å². The topological polar surface area (TPSA) is 93.5 Å². The first-order valence-corrected chi connectivity index (χ1v) is 10.7. The summed E-state index contributed by atoms with van der Waals surface area (Å²) in [6, 6.07) is 11.7. The summed E-state index contributed by atoms with van der Waals surface area (Å²) in [6.45, 7) is 2.44. The molecule has 3 fully saturated rings. The van der Waals surface area contributed by atoms with E-state index < -0.39 is 0 Å². The van der Waals surface area contributed by atoms with Gasteiger partial charge in [-0.1, -0.05) is 17.3 Å². The van der Waals surface area contributed by atoms with Crippen molar-refractivity contribution in [3.05, 3.63) is 72.3 Å². The molecule has 9 heteroatoms. The molecule has 162 valence electrons. The van der Waals surface area contributed by atoms with Crippen LogP contribution in [-0.2, 0) is 16.7 Å². The van der Waals surface area contributed by atoms with Crippen molar-refractivity contribution in [1.82, 2.24) is 24.9 Å². The zero-order valence-corrected chi connectivity index (χ0v) is 17.4. The number of carbonyl (C=O) groups is 2. The van der Waals surface area contributed by atoms with Gasteiger partial charge < -0.3 is 9.64 Å². The molecule has 0 N–H and O–H groups in total. The zero-order chi connectivity index (χ0) is 21.7. The van der Waals surface area contributed by atoms with Gasteiger partial charge in [-0.3, -0.25) is 14.7 Å². The van der Waals surface area contributed by atoms with Gasteiger partial charge in [0.05, 0.1) is 24.8 Å². The molecule has 3 aliphatic rings. The summed E-state index contributed by atoms with van der Waals surface area (Å²) in [4.78, 5) is 32.9. The van der Waals surface area contributed by atoms with Gasteiger partial charge in [0.1, 0.15) is 6.10 Å². The molecule has 9 nitrogen and oxygen atoms in total. The van der Waals surface area contributed by atoms with Crippen LogP contribution in [0.5, 0.6) is 0 Å². The number of fused-ring (bicyclic) bond motifs is 1. The molecule has 1 saturated carbocycles. The fourth-order valence-corrected chi connectivity index (χ4v) is 5.10. The summed E-state index contributed by atoms with van der Waals surface area (Å²) in [5, 5.41) is 7.72. The standard InChI is InChI=1S/C23H22N6O3/c30-21(16-2-1-7-24-11-16)27-12-18-10-23(18,15-27)17-3-5-19(6-4-17)29-14-20(32-22(29)31)13-28-9-8-25-26-28/h1-9,11,18,20H,10,12-15H2. The van der Waals surface area contributed by atoms with Crippen LogP contribution in [0.2, 0.25) is 0 Å². The van der Waals surface area contributed by atoms with Gasteiger partial charge in [0.15, 0.2) is 0 Å². The molecular weight excluding hydrogens is 408 g/mol. The van der Waals surface area contributed by atoms with Crippen molar-refractivity contribution in [3.63, 3.8) is 0 Å². The largest absolute Gasteiger partial charge is 0.442 e. The minimum Gasteiger partial charge on any atom is -0.442 e. The number of hydrogen-bond donors (Lipinski definition) is 0. The smallest absolute Gasteiger partial charge is 0.414 e. The Balaban J connectivity index is 1.14. The van der Waals surface area contributed by atoms with Crippen molar-refractivity contribution >= 4 is 17.7 Å². The third-order valence-corrected chi connectivity index (χ3v) is 6.83. The van der Waals surface area contributed by atoms with Crippen molar-refractivity contribution in [3.8, 4) is 0 Å². The highest BCUT2D eigenvalue weighted by Crippen LogP contribution is 2.59. The van der Waals surface area contributed by atoms with Crippen LogP contribution in [0.15, 0.2) is 61.2 Å². The average Bonchev–Trinajstić information content (AvgIpc) is 3.20. The molecule has 0 spiro atoms. The number of nitrogens with zero attached hydrogens (tertiary/aromatic N) is 6. The lowest BCUT2D eigenvalue weighted by Crippen LogP contribution is -2.32. The summed E-state index contributed by atoms with van der Waals surface area (Å²) in [6.07, 6.45) is 7.13. The number of anilines is 1. The monoisotopic (exact) mass is 430 g/mol. The SMILES string of the molecule is O=C(c1cccnc1)N1CC2CC2(c2ccc(N3CC(Cn4ccnn4)OC3=O)cc2)C1. The Labute approximate surface area is 184 Å². The maximum atomic E-state index is 12.8. The maximum absolute atomic E-state index is 12.8. The summed E-state index contributed by atoms with van der Waals surface area (Å²) in [5.74, 6) is 0.525. The van der Waals surface area contributed by atoms with Crippen LogP contribution >= 0.6 is 0 Å². The third kappa shape index (κ3) is 3.12. The number of amides is 2. The predicted molar refractivity (Wildman–Crippen MR) is 114 cm³/mol. The van der Waals surface area contributed by atoms with Crippen molar-refractivity contribution in [2.45, 2.75) is 24.5 Å². The second-order valence-electron chi connectivity index (χ2n) is 8.77. The van der Waals surface area contributed by atoms with Gasteiger partial charge in [0.25, 0.3) is 5.91 Å². The number of benzene rings is 1. The molecule has 2 aromatic heterocycles. The van der Waals surface area contributed by atoms with Gasteiger partial charge >= 0.3 is 6.09 Å². The molecule has 6 rings (SSSR count). The lowest BCUT2D eigenvalue weighted by Gasteiger charge is -2.22. The number of likely N-dealkylation sites (tertiary alicyclic amines) is 1. The van der Waals surface area contributed by atoms with Crippen LogP contribution < -0.4 is 4.90 Å². The second-order valence-corrected chi connectivity index (χ2v) is 8.77. The van der Waals surface area contributed by atoms with Crippen LogP contribution in [0.3, 0.4) is 0 Å². The Morgan fingerprint density at radius 1 is 1.16 bits per heavy atom. The number of cyclic esters (lactones) is 1. The van der Waals surface area contributed by atoms with Crippen LogP contribution in [-0.4, -0.2) is 62.6 Å². The van der Waals surface area contributed by atoms with E-state index in [1.54, 1.807) is 40.4 Å². The lowest BCUT2D eigenvalue weighted by atomic mass is 9.94. The van der Waals surface area contributed by atoms with Gasteiger partial charge in [0.2, 0.25) is 0 Å². The number of piperidine rings is 1. The summed E-state index contributed by atoms with van der Waals surface area (Å²) in [7, 11) is 0. The number of pyridine rings is 1. The van der Waals surface area contributed by atoms with Crippen LogP contribution in [0.1, 0.15) is 22.3 Å². The van der Waals surface area contributed by atoms with E-state index in [2.05, 4.69) is 27.4 Å². The third-order valence-electron chi connectivity index (χ3n) is 6.83. The lowest BCUT2D eigenvalue weighted by molar-refractivity contribution is 0.0771. The molecule has 0 bridgehead atoms. The first-order chi connectivity index (χ1) is 15.6. The molecule has 4 heterocycles. The van der Waals surface area contributed by atoms with Gasteiger partial charge in [-0.25, -0.2) is 9.48 Å². The molecule has 3 atom stereocenters. The molecule has 3 unspecified atom stereocenters. The molecule has 3 aromatic rings. The number of rotatable bonds is 5. The second kappa shape index (κ2) is 7.15. The Kier molecular flexibility index (Phi) is 4.24. The molecule has 1 aliphatic carbocycles. The van der Waals surface area contributed by atoms with E-state index in [0.717, 1.165) is 25.2 Å². The van der Waals surface area contributed by atoms with Crippen molar-refractivity contribution in [1.29, 1.82) is 0 Å². The van der Waals surface area contributed by atoms with E-state index in [4.69, 9.17) is 4.74 Å². The number of hydrogen-bond acceptors (Lipinski definition) is 6. The summed E-state index contributed by atoms with van der Waals surface area (Å²) in [5.41, 5.74) is 2.69. The quantitative estimate of drug-likeness (QED) is 0.616. The number of ether oxygens (including phenoxy) is 1. The molecule has 2 saturated heterocycles. The fourth-order valence-electron chi connectivity index (χ4n) is 5.10. The van der Waals surface area contributed by atoms with Gasteiger partial charge in [0, 0.05) is 42.8 Å². The molecule has 2 aliphatic heterocycles. The Morgan fingerprint density at radius 2 is 2.03 bits per heavy atom. The number of aromatic nitrogens is 4. The molecule has 1 aromatic carbocycles.